The minimum atomic E-state index is -1.33. The van der Waals surface area contributed by atoms with Crippen LogP contribution in [0, 0.1) is 10.1 Å². The number of benzene rings is 1. The summed E-state index contributed by atoms with van der Waals surface area (Å²) in [4.78, 5) is 19.8. The molecule has 1 aromatic carbocycles. The van der Waals surface area contributed by atoms with Gasteiger partial charge in [-0.15, -0.1) is 0 Å². The van der Waals surface area contributed by atoms with Crippen LogP contribution < -0.4 is 0 Å². The van der Waals surface area contributed by atoms with Crippen LogP contribution in [-0.4, -0.2) is 21.1 Å². The molecule has 0 heterocycles. The van der Waals surface area contributed by atoms with Crippen molar-refractivity contribution in [2.75, 3.05) is 0 Å². The molecule has 15 heavy (non-hydrogen) atoms. The lowest BCUT2D eigenvalue weighted by Gasteiger charge is -1.97. The van der Waals surface area contributed by atoms with Gasteiger partial charge in [0.25, 0.3) is 5.69 Å². The first-order valence-electron chi connectivity index (χ1n) is 4.23. The SMILES string of the molecule is CC.O=C(O)c1ccc([N+](=O)[O-])cc1O. The molecule has 0 fully saturated rings. The predicted molar refractivity (Wildman–Crippen MR) is 53.1 cm³/mol. The fourth-order valence-corrected chi connectivity index (χ4v) is 0.814. The molecule has 0 atom stereocenters. The van der Waals surface area contributed by atoms with Crippen molar-refractivity contribution >= 4 is 11.7 Å². The van der Waals surface area contributed by atoms with Crippen molar-refractivity contribution in [2.45, 2.75) is 13.8 Å². The molecule has 6 nitrogen and oxygen atoms in total. The van der Waals surface area contributed by atoms with Gasteiger partial charge in [-0.05, 0) is 6.07 Å². The number of aromatic hydroxyl groups is 1. The van der Waals surface area contributed by atoms with Gasteiger partial charge in [0.1, 0.15) is 11.3 Å². The third-order valence-electron chi connectivity index (χ3n) is 1.42. The van der Waals surface area contributed by atoms with E-state index in [-0.39, 0.29) is 11.3 Å². The molecule has 0 saturated heterocycles. The number of aromatic carboxylic acids is 1. The molecular weight excluding hydrogens is 202 g/mol. The van der Waals surface area contributed by atoms with E-state index in [4.69, 9.17) is 10.2 Å². The highest BCUT2D eigenvalue weighted by atomic mass is 16.6. The highest BCUT2D eigenvalue weighted by Gasteiger charge is 2.13. The Labute approximate surface area is 85.9 Å². The zero-order valence-electron chi connectivity index (χ0n) is 8.30. The van der Waals surface area contributed by atoms with Gasteiger partial charge in [-0.25, -0.2) is 4.79 Å². The maximum atomic E-state index is 10.4. The highest BCUT2D eigenvalue weighted by Crippen LogP contribution is 2.22. The Morgan fingerprint density at radius 2 is 1.93 bits per heavy atom. The van der Waals surface area contributed by atoms with Crippen LogP contribution in [0.2, 0.25) is 0 Å². The van der Waals surface area contributed by atoms with E-state index >= 15 is 0 Å². The first-order valence-corrected chi connectivity index (χ1v) is 4.23. The quantitative estimate of drug-likeness (QED) is 0.578. The second-order valence-electron chi connectivity index (χ2n) is 2.26. The molecule has 0 aliphatic heterocycles. The Hall–Kier alpha value is -2.11. The van der Waals surface area contributed by atoms with Crippen molar-refractivity contribution in [1.29, 1.82) is 0 Å². The zero-order chi connectivity index (χ0) is 12.0. The van der Waals surface area contributed by atoms with Gasteiger partial charge in [0.15, 0.2) is 0 Å². The normalized spacial score (nSPS) is 8.67. The van der Waals surface area contributed by atoms with Crippen LogP contribution in [0.3, 0.4) is 0 Å². The van der Waals surface area contributed by atoms with Crippen molar-refractivity contribution in [1.82, 2.24) is 0 Å². The van der Waals surface area contributed by atoms with Gasteiger partial charge in [0.05, 0.1) is 11.0 Å². The fourth-order valence-electron chi connectivity index (χ4n) is 0.814. The number of nitro groups is 1. The average molecular weight is 213 g/mol. The number of carboxylic acid groups (broad SMARTS) is 1. The minimum Gasteiger partial charge on any atom is -0.507 e. The molecule has 0 unspecified atom stereocenters. The number of carbonyl (C=O) groups is 1. The molecule has 0 aliphatic carbocycles. The van der Waals surface area contributed by atoms with Gasteiger partial charge in [-0.2, -0.15) is 0 Å². The lowest BCUT2D eigenvalue weighted by atomic mass is 10.2. The second-order valence-corrected chi connectivity index (χ2v) is 2.26. The van der Waals surface area contributed by atoms with Crippen molar-refractivity contribution < 1.29 is 19.9 Å². The third kappa shape index (κ3) is 3.26. The van der Waals surface area contributed by atoms with Crippen LogP contribution in [0.5, 0.6) is 5.75 Å². The number of carboxylic acids is 1. The van der Waals surface area contributed by atoms with E-state index in [1.807, 2.05) is 13.8 Å². The molecule has 2 N–H and O–H groups in total. The molecule has 0 spiro atoms. The first kappa shape index (κ1) is 12.9. The highest BCUT2D eigenvalue weighted by molar-refractivity contribution is 5.91. The van der Waals surface area contributed by atoms with E-state index in [1.165, 1.54) is 0 Å². The molecule has 1 aromatic rings. The van der Waals surface area contributed by atoms with Gasteiger partial charge < -0.3 is 10.2 Å². The number of phenols is 1. The number of nitro benzene ring substituents is 1. The molecule has 82 valence electrons. The van der Waals surface area contributed by atoms with Gasteiger partial charge in [-0.1, -0.05) is 13.8 Å². The zero-order valence-corrected chi connectivity index (χ0v) is 8.30. The van der Waals surface area contributed by atoms with Crippen molar-refractivity contribution in [3.05, 3.63) is 33.9 Å². The number of rotatable bonds is 2. The standard InChI is InChI=1S/C7H5NO5.C2H6/c9-6-3-4(8(12)13)1-2-5(6)7(10)11;1-2/h1-3,9H,(H,10,11);1-2H3. The molecule has 0 aromatic heterocycles. The van der Waals surface area contributed by atoms with Crippen molar-refractivity contribution in [3.63, 3.8) is 0 Å². The number of nitrogens with zero attached hydrogens (tertiary/aromatic N) is 1. The van der Waals surface area contributed by atoms with E-state index in [0.717, 1.165) is 18.2 Å². The lowest BCUT2D eigenvalue weighted by molar-refractivity contribution is -0.384. The summed E-state index contributed by atoms with van der Waals surface area (Å²) in [6.45, 7) is 4.00. The Kier molecular flexibility index (Phi) is 4.80. The van der Waals surface area contributed by atoms with Gasteiger partial charge in [0.2, 0.25) is 0 Å². The molecule has 0 aliphatic rings. The van der Waals surface area contributed by atoms with E-state index < -0.39 is 16.6 Å². The van der Waals surface area contributed by atoms with Crippen LogP contribution in [-0.2, 0) is 0 Å². The summed E-state index contributed by atoms with van der Waals surface area (Å²) in [6, 6.07) is 2.79. The Morgan fingerprint density at radius 3 is 2.27 bits per heavy atom. The summed E-state index contributed by atoms with van der Waals surface area (Å²) in [5.74, 6) is -1.94. The average Bonchev–Trinajstić information content (AvgIpc) is 2.20. The van der Waals surface area contributed by atoms with Gasteiger partial charge in [-0.3, -0.25) is 10.1 Å². The third-order valence-corrected chi connectivity index (χ3v) is 1.42. The molecular formula is C9H11NO5. The lowest BCUT2D eigenvalue weighted by Crippen LogP contribution is -1.97. The van der Waals surface area contributed by atoms with Crippen LogP contribution in [0.4, 0.5) is 5.69 Å². The number of hydrogen-bond donors (Lipinski definition) is 2. The predicted octanol–water partition coefficient (Wildman–Crippen LogP) is 2.02. The first-order chi connectivity index (χ1) is 7.02. The minimum absolute atomic E-state index is 0.345. The topological polar surface area (TPSA) is 101 Å². The largest absolute Gasteiger partial charge is 0.507 e. The monoisotopic (exact) mass is 213 g/mol. The summed E-state index contributed by atoms with van der Waals surface area (Å²) < 4.78 is 0. The summed E-state index contributed by atoms with van der Waals surface area (Å²) in [5, 5.41) is 27.7. The molecule has 0 amide bonds. The van der Waals surface area contributed by atoms with Crippen LogP contribution in [0.15, 0.2) is 18.2 Å². The Bertz CT molecular complexity index is 375. The van der Waals surface area contributed by atoms with Crippen LogP contribution in [0.25, 0.3) is 0 Å². The second kappa shape index (κ2) is 5.58. The smallest absolute Gasteiger partial charge is 0.339 e. The molecule has 0 bridgehead atoms. The van der Waals surface area contributed by atoms with E-state index in [2.05, 4.69) is 0 Å². The Balaban J connectivity index is 0.000000921. The number of non-ortho nitro benzene ring substituents is 1. The van der Waals surface area contributed by atoms with E-state index in [1.54, 1.807) is 0 Å². The maximum Gasteiger partial charge on any atom is 0.339 e. The van der Waals surface area contributed by atoms with E-state index in [9.17, 15) is 14.9 Å². The molecule has 0 radical (unpaired) electrons. The molecule has 1 rings (SSSR count). The fraction of sp³-hybridized carbons (Fsp3) is 0.222. The van der Waals surface area contributed by atoms with Crippen molar-refractivity contribution in [3.8, 4) is 5.75 Å². The summed E-state index contributed by atoms with van der Waals surface area (Å²) in [5.41, 5.74) is -0.701. The summed E-state index contributed by atoms with van der Waals surface area (Å²) >= 11 is 0. The number of hydrogen-bond acceptors (Lipinski definition) is 4. The van der Waals surface area contributed by atoms with E-state index in [0.29, 0.717) is 0 Å². The van der Waals surface area contributed by atoms with Crippen LogP contribution in [0.1, 0.15) is 24.2 Å². The summed E-state index contributed by atoms with van der Waals surface area (Å²) in [6.07, 6.45) is 0. The van der Waals surface area contributed by atoms with Gasteiger partial charge >= 0.3 is 5.97 Å². The van der Waals surface area contributed by atoms with Gasteiger partial charge in [0, 0.05) is 6.07 Å². The molecule has 6 heteroatoms. The van der Waals surface area contributed by atoms with Crippen molar-refractivity contribution in [2.24, 2.45) is 0 Å². The summed E-state index contributed by atoms with van der Waals surface area (Å²) in [7, 11) is 0. The van der Waals surface area contributed by atoms with Crippen LogP contribution >= 0.6 is 0 Å². The molecule has 0 saturated carbocycles. The maximum absolute atomic E-state index is 10.4. The Morgan fingerprint density at radius 1 is 1.40 bits per heavy atom.